The molecule has 5 nitrogen and oxygen atoms in total. The van der Waals surface area contributed by atoms with Gasteiger partial charge < -0.3 is 16.0 Å². The minimum atomic E-state index is -0.592. The molecule has 22 heavy (non-hydrogen) atoms. The summed E-state index contributed by atoms with van der Waals surface area (Å²) in [7, 11) is 0. The lowest BCUT2D eigenvalue weighted by molar-refractivity contribution is -0.134. The summed E-state index contributed by atoms with van der Waals surface area (Å²) in [5, 5.41) is 8.84. The molecule has 0 spiro atoms. The normalized spacial score (nSPS) is 22.8. The van der Waals surface area contributed by atoms with Crippen LogP contribution >= 0.6 is 0 Å². The zero-order chi connectivity index (χ0) is 15.6. The number of amides is 2. The molecule has 0 radical (unpaired) electrons. The zero-order valence-electron chi connectivity index (χ0n) is 12.3. The van der Waals surface area contributed by atoms with E-state index in [0.717, 1.165) is 6.42 Å². The van der Waals surface area contributed by atoms with Crippen molar-refractivity contribution in [2.75, 3.05) is 19.6 Å². The Hall–Kier alpha value is -1.95. The molecule has 0 aromatic heterocycles. The first kappa shape index (κ1) is 15.0. The van der Waals surface area contributed by atoms with Gasteiger partial charge in [-0.05, 0) is 24.5 Å². The number of nitrogens with one attached hydrogen (secondary N) is 3. The minimum Gasteiger partial charge on any atom is -0.353 e. The van der Waals surface area contributed by atoms with Gasteiger partial charge in [-0.15, -0.1) is 0 Å². The second kappa shape index (κ2) is 6.04. The zero-order valence-corrected chi connectivity index (χ0v) is 12.3. The Kier molecular flexibility index (Phi) is 4.11. The van der Waals surface area contributed by atoms with E-state index in [0.29, 0.717) is 38.0 Å². The van der Waals surface area contributed by atoms with Crippen molar-refractivity contribution in [2.45, 2.75) is 25.3 Å². The predicted octanol–water partition coefficient (Wildman–Crippen LogP) is 0.353. The first-order chi connectivity index (χ1) is 10.6. The monoisotopic (exact) mass is 305 g/mol. The van der Waals surface area contributed by atoms with Gasteiger partial charge in [0.1, 0.15) is 5.82 Å². The van der Waals surface area contributed by atoms with Crippen LogP contribution in [0.5, 0.6) is 0 Å². The number of hydrogen-bond acceptors (Lipinski definition) is 3. The molecule has 1 aromatic rings. The average molecular weight is 305 g/mol. The van der Waals surface area contributed by atoms with Crippen molar-refractivity contribution in [3.63, 3.8) is 0 Å². The Morgan fingerprint density at radius 1 is 1.36 bits per heavy atom. The molecular weight excluding hydrogens is 285 g/mol. The Bertz CT molecular complexity index is 587. The molecule has 0 saturated carbocycles. The van der Waals surface area contributed by atoms with E-state index < -0.39 is 5.41 Å². The van der Waals surface area contributed by atoms with Gasteiger partial charge in [0.25, 0.3) is 0 Å². The van der Waals surface area contributed by atoms with Gasteiger partial charge in [-0.3, -0.25) is 9.59 Å². The molecule has 6 heteroatoms. The highest BCUT2D eigenvalue weighted by Crippen LogP contribution is 2.29. The fourth-order valence-electron chi connectivity index (χ4n) is 3.03. The third-order valence-electron chi connectivity index (χ3n) is 4.49. The summed E-state index contributed by atoms with van der Waals surface area (Å²) >= 11 is 0. The van der Waals surface area contributed by atoms with Crippen molar-refractivity contribution in [3.8, 4) is 0 Å². The van der Waals surface area contributed by atoms with E-state index in [-0.39, 0.29) is 23.7 Å². The van der Waals surface area contributed by atoms with Crippen molar-refractivity contribution in [1.82, 2.24) is 16.0 Å². The van der Waals surface area contributed by atoms with Crippen molar-refractivity contribution in [3.05, 3.63) is 35.6 Å². The number of benzene rings is 1. The Morgan fingerprint density at radius 3 is 2.73 bits per heavy atom. The maximum absolute atomic E-state index is 13.8. The molecule has 3 rings (SSSR count). The minimum absolute atomic E-state index is 0.00926. The molecule has 0 bridgehead atoms. The highest BCUT2D eigenvalue weighted by molar-refractivity contribution is 5.85. The van der Waals surface area contributed by atoms with E-state index >= 15 is 0 Å². The number of carbonyl (C=O) groups is 2. The van der Waals surface area contributed by atoms with Crippen molar-refractivity contribution in [2.24, 2.45) is 5.41 Å². The molecule has 3 N–H and O–H groups in total. The fourth-order valence-corrected chi connectivity index (χ4v) is 3.03. The van der Waals surface area contributed by atoms with Gasteiger partial charge in [-0.25, -0.2) is 4.39 Å². The molecule has 2 aliphatic rings. The van der Waals surface area contributed by atoms with E-state index in [1.807, 2.05) is 0 Å². The van der Waals surface area contributed by atoms with Crippen LogP contribution in [0.15, 0.2) is 24.3 Å². The van der Waals surface area contributed by atoms with Crippen LogP contribution in [0, 0.1) is 11.2 Å². The SMILES string of the molecule is O=C1CCC(CNC(=O)C2(Cc3ccccc3F)CNC2)N1. The second-order valence-electron chi connectivity index (χ2n) is 6.17. The molecule has 1 aromatic carbocycles. The number of carbonyl (C=O) groups excluding carboxylic acids is 2. The average Bonchev–Trinajstić information content (AvgIpc) is 2.88. The maximum Gasteiger partial charge on any atom is 0.229 e. The predicted molar refractivity (Wildman–Crippen MR) is 79.6 cm³/mol. The highest BCUT2D eigenvalue weighted by atomic mass is 19.1. The summed E-state index contributed by atoms with van der Waals surface area (Å²) in [6, 6.07) is 6.58. The van der Waals surface area contributed by atoms with E-state index in [9.17, 15) is 14.0 Å². The summed E-state index contributed by atoms with van der Waals surface area (Å²) in [6.45, 7) is 1.53. The van der Waals surface area contributed by atoms with Crippen molar-refractivity contribution < 1.29 is 14.0 Å². The van der Waals surface area contributed by atoms with Crippen LogP contribution in [0.3, 0.4) is 0 Å². The van der Waals surface area contributed by atoms with E-state index in [1.165, 1.54) is 6.07 Å². The lowest BCUT2D eigenvalue weighted by Crippen LogP contribution is -2.63. The molecule has 1 unspecified atom stereocenters. The largest absolute Gasteiger partial charge is 0.353 e. The Morgan fingerprint density at radius 2 is 2.14 bits per heavy atom. The van der Waals surface area contributed by atoms with E-state index in [4.69, 9.17) is 0 Å². The summed E-state index contributed by atoms with van der Waals surface area (Å²) in [5.74, 6) is -0.314. The highest BCUT2D eigenvalue weighted by Gasteiger charge is 2.44. The molecule has 2 aliphatic heterocycles. The van der Waals surface area contributed by atoms with Crippen LogP contribution in [0.1, 0.15) is 18.4 Å². The van der Waals surface area contributed by atoms with Gasteiger partial charge in [0.05, 0.1) is 5.41 Å². The summed E-state index contributed by atoms with van der Waals surface area (Å²) in [4.78, 5) is 23.7. The van der Waals surface area contributed by atoms with Gasteiger partial charge in [0.15, 0.2) is 0 Å². The first-order valence-electron chi connectivity index (χ1n) is 7.61. The van der Waals surface area contributed by atoms with Crippen LogP contribution in [-0.2, 0) is 16.0 Å². The van der Waals surface area contributed by atoms with Crippen LogP contribution < -0.4 is 16.0 Å². The van der Waals surface area contributed by atoms with Crippen LogP contribution in [0.2, 0.25) is 0 Å². The Balaban J connectivity index is 1.61. The molecule has 0 aliphatic carbocycles. The topological polar surface area (TPSA) is 70.2 Å². The maximum atomic E-state index is 13.8. The van der Waals surface area contributed by atoms with Crippen molar-refractivity contribution >= 4 is 11.8 Å². The molecule has 118 valence electrons. The van der Waals surface area contributed by atoms with Crippen LogP contribution in [-0.4, -0.2) is 37.5 Å². The molecule has 1 atom stereocenters. The first-order valence-corrected chi connectivity index (χ1v) is 7.61. The lowest BCUT2D eigenvalue weighted by atomic mass is 9.75. The van der Waals surface area contributed by atoms with E-state index in [1.54, 1.807) is 18.2 Å². The van der Waals surface area contributed by atoms with Gasteiger partial charge >= 0.3 is 0 Å². The van der Waals surface area contributed by atoms with Gasteiger partial charge in [-0.1, -0.05) is 18.2 Å². The molecule has 2 heterocycles. The lowest BCUT2D eigenvalue weighted by Gasteiger charge is -2.41. The van der Waals surface area contributed by atoms with Gasteiger partial charge in [-0.2, -0.15) is 0 Å². The smallest absolute Gasteiger partial charge is 0.229 e. The number of hydrogen-bond donors (Lipinski definition) is 3. The molecule has 2 fully saturated rings. The standard InChI is InChI=1S/C16H20FN3O2/c17-13-4-2-1-3-11(13)7-16(9-18-10-16)15(22)19-8-12-5-6-14(21)20-12/h1-4,12,18H,5-10H2,(H,19,22)(H,20,21). The second-order valence-corrected chi connectivity index (χ2v) is 6.17. The van der Waals surface area contributed by atoms with Crippen LogP contribution in [0.25, 0.3) is 0 Å². The summed E-state index contributed by atoms with van der Waals surface area (Å²) < 4.78 is 13.8. The molecular formula is C16H20FN3O2. The number of halogens is 1. The van der Waals surface area contributed by atoms with Crippen molar-refractivity contribution in [1.29, 1.82) is 0 Å². The van der Waals surface area contributed by atoms with Crippen LogP contribution in [0.4, 0.5) is 4.39 Å². The Labute approximate surface area is 128 Å². The number of rotatable bonds is 5. The third kappa shape index (κ3) is 2.97. The van der Waals surface area contributed by atoms with Gasteiger partial charge in [0, 0.05) is 32.1 Å². The summed E-state index contributed by atoms with van der Waals surface area (Å²) in [6.07, 6.45) is 1.65. The molecule has 2 saturated heterocycles. The quantitative estimate of drug-likeness (QED) is 0.735. The molecule has 2 amide bonds. The fraction of sp³-hybridized carbons (Fsp3) is 0.500. The third-order valence-corrected chi connectivity index (χ3v) is 4.49. The van der Waals surface area contributed by atoms with E-state index in [2.05, 4.69) is 16.0 Å². The van der Waals surface area contributed by atoms with Gasteiger partial charge in [0.2, 0.25) is 11.8 Å². The summed E-state index contributed by atoms with van der Waals surface area (Å²) in [5.41, 5.74) is -0.0292.